The molecule has 1 aliphatic rings. The van der Waals surface area contributed by atoms with E-state index in [9.17, 15) is 13.2 Å². The van der Waals surface area contributed by atoms with Crippen LogP contribution in [0.25, 0.3) is 0 Å². The van der Waals surface area contributed by atoms with Gasteiger partial charge in [0.15, 0.2) is 0 Å². The molecular formula is C10H20N2O6S. The van der Waals surface area contributed by atoms with E-state index in [0.29, 0.717) is 0 Å². The number of hydrogen-bond donors (Lipinski definition) is 3. The van der Waals surface area contributed by atoms with Gasteiger partial charge in [0.05, 0.1) is 12.2 Å². The fourth-order valence-electron chi connectivity index (χ4n) is 1.94. The van der Waals surface area contributed by atoms with E-state index in [1.54, 1.807) is 13.8 Å². The molecule has 0 aromatic rings. The summed E-state index contributed by atoms with van der Waals surface area (Å²) in [5.74, 6) is -1.31. The third kappa shape index (κ3) is 4.69. The second kappa shape index (κ2) is 6.62. The van der Waals surface area contributed by atoms with Crippen molar-refractivity contribution in [2.24, 2.45) is 0 Å². The van der Waals surface area contributed by atoms with E-state index in [0.717, 1.165) is 0 Å². The van der Waals surface area contributed by atoms with E-state index in [1.165, 1.54) is 4.31 Å². The zero-order valence-corrected chi connectivity index (χ0v) is 11.8. The van der Waals surface area contributed by atoms with Gasteiger partial charge in [-0.05, 0) is 20.3 Å². The summed E-state index contributed by atoms with van der Waals surface area (Å²) in [6, 6.07) is -1.33. The number of aliphatic hydroxyl groups is 1. The highest BCUT2D eigenvalue weighted by molar-refractivity contribution is 7.87. The van der Waals surface area contributed by atoms with Gasteiger partial charge in [-0.1, -0.05) is 0 Å². The van der Waals surface area contributed by atoms with Gasteiger partial charge < -0.3 is 14.9 Å². The van der Waals surface area contributed by atoms with Gasteiger partial charge in [0.25, 0.3) is 10.2 Å². The first-order chi connectivity index (χ1) is 8.76. The standard InChI is InChI=1S/C10H20N2O6S/c1-7-5-12(6-8(2)18-7)19(16,17)11-9(3-4-13)10(14)15/h7-9,11,13H,3-6H2,1-2H3,(H,14,15)/t7?,8?,9-/m0/s1. The van der Waals surface area contributed by atoms with Gasteiger partial charge in [-0.2, -0.15) is 17.4 Å². The first-order valence-electron chi connectivity index (χ1n) is 6.02. The Hall–Kier alpha value is -0.740. The molecule has 3 N–H and O–H groups in total. The average Bonchev–Trinajstić information content (AvgIpc) is 2.26. The van der Waals surface area contributed by atoms with Gasteiger partial charge in [-0.25, -0.2) is 0 Å². The molecule has 1 heterocycles. The third-order valence-corrected chi connectivity index (χ3v) is 4.29. The number of nitrogens with zero attached hydrogens (tertiary/aromatic N) is 1. The molecule has 0 saturated carbocycles. The van der Waals surface area contributed by atoms with Crippen molar-refractivity contribution in [2.45, 2.75) is 38.5 Å². The number of aliphatic hydroxyl groups excluding tert-OH is 1. The normalized spacial score (nSPS) is 27.1. The van der Waals surface area contributed by atoms with Crippen LogP contribution >= 0.6 is 0 Å². The van der Waals surface area contributed by atoms with Crippen LogP contribution in [0.5, 0.6) is 0 Å². The van der Waals surface area contributed by atoms with Crippen molar-refractivity contribution in [3.63, 3.8) is 0 Å². The van der Waals surface area contributed by atoms with Crippen LogP contribution in [0.4, 0.5) is 0 Å². The van der Waals surface area contributed by atoms with Gasteiger partial charge in [0, 0.05) is 19.7 Å². The van der Waals surface area contributed by atoms with Gasteiger partial charge in [-0.15, -0.1) is 0 Å². The zero-order valence-electron chi connectivity index (χ0n) is 10.9. The van der Waals surface area contributed by atoms with E-state index in [-0.39, 0.29) is 31.7 Å². The molecule has 1 saturated heterocycles. The molecule has 2 unspecified atom stereocenters. The van der Waals surface area contributed by atoms with Gasteiger partial charge >= 0.3 is 5.97 Å². The van der Waals surface area contributed by atoms with E-state index < -0.39 is 28.8 Å². The third-order valence-electron chi connectivity index (χ3n) is 2.73. The minimum atomic E-state index is -3.90. The van der Waals surface area contributed by atoms with E-state index >= 15 is 0 Å². The molecular weight excluding hydrogens is 276 g/mol. The lowest BCUT2D eigenvalue weighted by atomic mass is 10.2. The number of nitrogens with one attached hydrogen (secondary N) is 1. The van der Waals surface area contributed by atoms with Gasteiger partial charge in [0.2, 0.25) is 0 Å². The van der Waals surface area contributed by atoms with Crippen molar-refractivity contribution in [3.8, 4) is 0 Å². The van der Waals surface area contributed by atoms with Crippen LogP contribution in [0, 0.1) is 0 Å². The maximum Gasteiger partial charge on any atom is 0.321 e. The highest BCUT2D eigenvalue weighted by Crippen LogP contribution is 2.14. The molecule has 0 amide bonds. The van der Waals surface area contributed by atoms with Crippen LogP contribution in [0.1, 0.15) is 20.3 Å². The quantitative estimate of drug-likeness (QED) is 0.565. The molecule has 8 nitrogen and oxygen atoms in total. The molecule has 1 rings (SSSR count). The SMILES string of the molecule is CC1CN(S(=O)(=O)N[C@@H](CCO)C(=O)O)CC(C)O1. The molecule has 9 heteroatoms. The largest absolute Gasteiger partial charge is 0.480 e. The molecule has 0 radical (unpaired) electrons. The average molecular weight is 296 g/mol. The second-order valence-electron chi connectivity index (χ2n) is 4.60. The molecule has 0 aliphatic carbocycles. The molecule has 0 bridgehead atoms. The van der Waals surface area contributed by atoms with Crippen molar-refractivity contribution < 1.29 is 28.2 Å². The lowest BCUT2D eigenvalue weighted by molar-refractivity contribution is -0.139. The Morgan fingerprint density at radius 1 is 1.42 bits per heavy atom. The molecule has 19 heavy (non-hydrogen) atoms. The second-order valence-corrected chi connectivity index (χ2v) is 6.30. The Morgan fingerprint density at radius 3 is 2.37 bits per heavy atom. The summed E-state index contributed by atoms with van der Waals surface area (Å²) >= 11 is 0. The summed E-state index contributed by atoms with van der Waals surface area (Å²) in [6.07, 6.45) is -0.674. The Labute approximate surface area is 112 Å². The molecule has 1 fully saturated rings. The van der Waals surface area contributed by atoms with Crippen LogP contribution in [-0.4, -0.2) is 66.9 Å². The Balaban J connectivity index is 2.76. The summed E-state index contributed by atoms with van der Waals surface area (Å²) in [4.78, 5) is 10.9. The highest BCUT2D eigenvalue weighted by Gasteiger charge is 2.33. The zero-order chi connectivity index (χ0) is 14.6. The molecule has 112 valence electrons. The van der Waals surface area contributed by atoms with Crippen molar-refractivity contribution in [1.29, 1.82) is 0 Å². The number of ether oxygens (including phenoxy) is 1. The van der Waals surface area contributed by atoms with Crippen LogP contribution in [0.2, 0.25) is 0 Å². The Kier molecular flexibility index (Phi) is 5.68. The van der Waals surface area contributed by atoms with Gasteiger partial charge in [0.1, 0.15) is 6.04 Å². The predicted molar refractivity (Wildman–Crippen MR) is 66.8 cm³/mol. The van der Waals surface area contributed by atoms with Crippen molar-refractivity contribution >= 4 is 16.2 Å². The summed E-state index contributed by atoms with van der Waals surface area (Å²) in [6.45, 7) is 3.44. The van der Waals surface area contributed by atoms with Crippen LogP contribution in [0.15, 0.2) is 0 Å². The number of morpholine rings is 1. The number of aliphatic carboxylic acids is 1. The fourth-order valence-corrected chi connectivity index (χ4v) is 3.48. The topological polar surface area (TPSA) is 116 Å². The van der Waals surface area contributed by atoms with Crippen molar-refractivity contribution in [1.82, 2.24) is 9.03 Å². The molecule has 0 spiro atoms. The molecule has 0 aromatic carbocycles. The van der Waals surface area contributed by atoms with Crippen LogP contribution in [-0.2, 0) is 19.7 Å². The number of rotatable bonds is 6. The molecule has 1 aliphatic heterocycles. The maximum atomic E-state index is 12.1. The lowest BCUT2D eigenvalue weighted by Gasteiger charge is -2.34. The Bertz CT molecular complexity index is 402. The maximum absolute atomic E-state index is 12.1. The molecule has 0 aromatic heterocycles. The smallest absolute Gasteiger partial charge is 0.321 e. The number of carboxylic acids is 1. The van der Waals surface area contributed by atoms with Crippen molar-refractivity contribution in [2.75, 3.05) is 19.7 Å². The lowest BCUT2D eigenvalue weighted by Crippen LogP contribution is -2.55. The minimum Gasteiger partial charge on any atom is -0.480 e. The van der Waals surface area contributed by atoms with E-state index in [1.807, 2.05) is 0 Å². The van der Waals surface area contributed by atoms with Crippen LogP contribution in [0.3, 0.4) is 0 Å². The monoisotopic (exact) mass is 296 g/mol. The minimum absolute atomic E-state index is 0.172. The number of carboxylic acid groups (broad SMARTS) is 1. The summed E-state index contributed by atoms with van der Waals surface area (Å²) in [7, 11) is -3.90. The summed E-state index contributed by atoms with van der Waals surface area (Å²) in [5.41, 5.74) is 0. The van der Waals surface area contributed by atoms with E-state index in [4.69, 9.17) is 14.9 Å². The number of hydrogen-bond acceptors (Lipinski definition) is 5. The predicted octanol–water partition coefficient (Wildman–Crippen LogP) is -1.23. The molecule has 3 atom stereocenters. The van der Waals surface area contributed by atoms with Crippen LogP contribution < -0.4 is 4.72 Å². The highest BCUT2D eigenvalue weighted by atomic mass is 32.2. The van der Waals surface area contributed by atoms with E-state index in [2.05, 4.69) is 4.72 Å². The number of carbonyl (C=O) groups is 1. The van der Waals surface area contributed by atoms with Gasteiger partial charge in [-0.3, -0.25) is 4.79 Å². The fraction of sp³-hybridized carbons (Fsp3) is 0.900. The van der Waals surface area contributed by atoms with Crippen molar-refractivity contribution in [3.05, 3.63) is 0 Å². The Morgan fingerprint density at radius 2 is 1.95 bits per heavy atom. The first kappa shape index (κ1) is 16.3. The first-order valence-corrected chi connectivity index (χ1v) is 7.46. The summed E-state index contributed by atoms with van der Waals surface area (Å²) in [5, 5.41) is 17.6. The summed E-state index contributed by atoms with van der Waals surface area (Å²) < 4.78 is 32.8.